The largest absolute Gasteiger partial charge is 0.354 e. The van der Waals surface area contributed by atoms with Crippen LogP contribution in [-0.4, -0.2) is 87.5 Å². The standard InChI is InChI=1S/C12H26N4O2S2/c1-15(2)9-11(17)13-5-7-19-20-8-6-14-12(18)10-16(3)4/h5-10H2,1-4H3,(H,13,17)(H,14,18). The quantitative estimate of drug-likeness (QED) is 0.403. The second-order valence-corrected chi connectivity index (χ2v) is 7.52. The predicted molar refractivity (Wildman–Crippen MR) is 88.0 cm³/mol. The van der Waals surface area contributed by atoms with Gasteiger partial charge in [0, 0.05) is 24.6 Å². The highest BCUT2D eigenvalue weighted by Crippen LogP contribution is 2.19. The topological polar surface area (TPSA) is 64.7 Å². The number of hydrogen-bond donors (Lipinski definition) is 2. The average Bonchev–Trinajstić information content (AvgIpc) is 2.30. The predicted octanol–water partition coefficient (Wildman–Crippen LogP) is -0.277. The van der Waals surface area contributed by atoms with Crippen molar-refractivity contribution in [3.8, 4) is 0 Å². The van der Waals surface area contributed by atoms with Gasteiger partial charge >= 0.3 is 0 Å². The molecule has 118 valence electrons. The van der Waals surface area contributed by atoms with Crippen LogP contribution in [0.5, 0.6) is 0 Å². The Hall–Kier alpha value is -0.440. The van der Waals surface area contributed by atoms with Crippen LogP contribution in [0.15, 0.2) is 0 Å². The number of carbonyl (C=O) groups is 2. The van der Waals surface area contributed by atoms with E-state index in [1.54, 1.807) is 21.6 Å². The maximum Gasteiger partial charge on any atom is 0.234 e. The van der Waals surface area contributed by atoms with Gasteiger partial charge < -0.3 is 20.4 Å². The first kappa shape index (κ1) is 19.6. The molecule has 0 spiro atoms. The third-order valence-corrected chi connectivity index (χ3v) is 4.43. The number of nitrogens with zero attached hydrogens (tertiary/aromatic N) is 2. The molecular weight excluding hydrogens is 296 g/mol. The first-order chi connectivity index (χ1) is 9.41. The van der Waals surface area contributed by atoms with Gasteiger partial charge in [-0.3, -0.25) is 9.59 Å². The highest BCUT2D eigenvalue weighted by Gasteiger charge is 2.02. The fourth-order valence-corrected chi connectivity index (χ4v) is 3.08. The molecule has 0 aromatic heterocycles. The van der Waals surface area contributed by atoms with Gasteiger partial charge in [0.15, 0.2) is 0 Å². The normalized spacial score (nSPS) is 10.9. The summed E-state index contributed by atoms with van der Waals surface area (Å²) in [6.07, 6.45) is 0. The molecule has 0 saturated heterocycles. The molecule has 0 aliphatic rings. The molecule has 0 aliphatic heterocycles. The maximum absolute atomic E-state index is 11.3. The molecule has 0 atom stereocenters. The van der Waals surface area contributed by atoms with E-state index in [0.717, 1.165) is 11.5 Å². The van der Waals surface area contributed by atoms with E-state index in [-0.39, 0.29) is 11.8 Å². The highest BCUT2D eigenvalue weighted by molar-refractivity contribution is 8.76. The second kappa shape index (κ2) is 12.3. The van der Waals surface area contributed by atoms with Gasteiger partial charge in [-0.1, -0.05) is 21.6 Å². The molecule has 0 unspecified atom stereocenters. The molecule has 0 aromatic rings. The molecule has 6 nitrogen and oxygen atoms in total. The zero-order chi connectivity index (χ0) is 15.4. The van der Waals surface area contributed by atoms with Crippen molar-refractivity contribution in [1.29, 1.82) is 0 Å². The summed E-state index contributed by atoms with van der Waals surface area (Å²) in [4.78, 5) is 26.3. The van der Waals surface area contributed by atoms with Crippen molar-refractivity contribution in [3.05, 3.63) is 0 Å². The Balaban J connectivity index is 3.29. The minimum atomic E-state index is 0.0524. The Morgan fingerprint density at radius 1 is 0.800 bits per heavy atom. The number of amides is 2. The number of likely N-dealkylation sites (N-methyl/N-ethyl adjacent to an activating group) is 2. The highest BCUT2D eigenvalue weighted by atomic mass is 33.1. The summed E-state index contributed by atoms with van der Waals surface area (Å²) < 4.78 is 0. The summed E-state index contributed by atoms with van der Waals surface area (Å²) in [5, 5.41) is 5.71. The lowest BCUT2D eigenvalue weighted by Gasteiger charge is -2.10. The summed E-state index contributed by atoms with van der Waals surface area (Å²) in [5.41, 5.74) is 0. The second-order valence-electron chi connectivity index (χ2n) is 4.82. The number of carbonyl (C=O) groups excluding carboxylic acids is 2. The van der Waals surface area contributed by atoms with Gasteiger partial charge in [-0.25, -0.2) is 0 Å². The van der Waals surface area contributed by atoms with Crippen molar-refractivity contribution < 1.29 is 9.59 Å². The van der Waals surface area contributed by atoms with Crippen LogP contribution < -0.4 is 10.6 Å². The minimum Gasteiger partial charge on any atom is -0.354 e. The molecule has 8 heteroatoms. The molecule has 0 rings (SSSR count). The van der Waals surface area contributed by atoms with E-state index in [9.17, 15) is 9.59 Å². The molecule has 0 radical (unpaired) electrons. The first-order valence-electron chi connectivity index (χ1n) is 6.49. The summed E-state index contributed by atoms with van der Waals surface area (Å²) in [5.74, 6) is 1.85. The van der Waals surface area contributed by atoms with E-state index in [0.29, 0.717) is 26.2 Å². The lowest BCUT2D eigenvalue weighted by molar-refractivity contribution is -0.122. The van der Waals surface area contributed by atoms with Crippen LogP contribution in [0.4, 0.5) is 0 Å². The number of rotatable bonds is 11. The van der Waals surface area contributed by atoms with Gasteiger partial charge in [0.25, 0.3) is 0 Å². The SMILES string of the molecule is CN(C)CC(=O)NCCSSCCNC(=O)CN(C)C. The van der Waals surface area contributed by atoms with Crippen LogP contribution in [0.1, 0.15) is 0 Å². The Labute approximate surface area is 129 Å². The molecule has 20 heavy (non-hydrogen) atoms. The van der Waals surface area contributed by atoms with Crippen molar-refractivity contribution in [2.24, 2.45) is 0 Å². The van der Waals surface area contributed by atoms with Gasteiger partial charge in [0.1, 0.15) is 0 Å². The van der Waals surface area contributed by atoms with Crippen LogP contribution in [0, 0.1) is 0 Å². The van der Waals surface area contributed by atoms with Crippen LogP contribution in [0.3, 0.4) is 0 Å². The fraction of sp³-hybridized carbons (Fsp3) is 0.833. The number of nitrogens with one attached hydrogen (secondary N) is 2. The first-order valence-corrected chi connectivity index (χ1v) is 8.98. The lowest BCUT2D eigenvalue weighted by atomic mass is 10.5. The zero-order valence-electron chi connectivity index (χ0n) is 12.8. The molecule has 0 bridgehead atoms. The molecule has 0 aromatic carbocycles. The monoisotopic (exact) mass is 322 g/mol. The summed E-state index contributed by atoms with van der Waals surface area (Å²) in [6.45, 7) is 2.21. The average molecular weight is 323 g/mol. The smallest absolute Gasteiger partial charge is 0.234 e. The zero-order valence-corrected chi connectivity index (χ0v) is 14.4. The van der Waals surface area contributed by atoms with E-state index < -0.39 is 0 Å². The van der Waals surface area contributed by atoms with Crippen LogP contribution in [0.2, 0.25) is 0 Å². The van der Waals surface area contributed by atoms with Gasteiger partial charge in [-0.05, 0) is 28.2 Å². The van der Waals surface area contributed by atoms with Gasteiger partial charge in [0.05, 0.1) is 13.1 Å². The van der Waals surface area contributed by atoms with E-state index in [1.807, 2.05) is 38.0 Å². The molecular formula is C12H26N4O2S2. The maximum atomic E-state index is 11.3. The van der Waals surface area contributed by atoms with Crippen molar-refractivity contribution in [3.63, 3.8) is 0 Å². The van der Waals surface area contributed by atoms with E-state index in [1.165, 1.54) is 0 Å². The molecule has 0 fully saturated rings. The molecule has 0 aliphatic carbocycles. The Kier molecular flexibility index (Phi) is 12.0. The minimum absolute atomic E-state index is 0.0524. The fourth-order valence-electron chi connectivity index (χ4n) is 1.27. The van der Waals surface area contributed by atoms with Crippen molar-refractivity contribution in [1.82, 2.24) is 20.4 Å². The van der Waals surface area contributed by atoms with Crippen LogP contribution in [0.25, 0.3) is 0 Å². The van der Waals surface area contributed by atoms with E-state index in [4.69, 9.17) is 0 Å². The molecule has 2 N–H and O–H groups in total. The molecule has 0 heterocycles. The van der Waals surface area contributed by atoms with Gasteiger partial charge in [-0.15, -0.1) is 0 Å². The van der Waals surface area contributed by atoms with E-state index in [2.05, 4.69) is 10.6 Å². The molecule has 0 saturated carbocycles. The summed E-state index contributed by atoms with van der Waals surface area (Å²) >= 11 is 0. The Morgan fingerprint density at radius 2 is 1.15 bits per heavy atom. The summed E-state index contributed by atoms with van der Waals surface area (Å²) in [7, 11) is 10.9. The van der Waals surface area contributed by atoms with Gasteiger partial charge in [-0.2, -0.15) is 0 Å². The van der Waals surface area contributed by atoms with Crippen LogP contribution in [-0.2, 0) is 9.59 Å². The van der Waals surface area contributed by atoms with Gasteiger partial charge in [0.2, 0.25) is 11.8 Å². The summed E-state index contributed by atoms with van der Waals surface area (Å²) in [6, 6.07) is 0. The number of hydrogen-bond acceptors (Lipinski definition) is 6. The Bertz CT molecular complexity index is 261. The van der Waals surface area contributed by atoms with Crippen molar-refractivity contribution >= 4 is 33.4 Å². The van der Waals surface area contributed by atoms with Crippen molar-refractivity contribution in [2.75, 3.05) is 65.9 Å². The third kappa shape index (κ3) is 14.0. The van der Waals surface area contributed by atoms with E-state index >= 15 is 0 Å². The van der Waals surface area contributed by atoms with Crippen molar-refractivity contribution in [2.45, 2.75) is 0 Å². The Morgan fingerprint density at radius 3 is 1.45 bits per heavy atom. The third-order valence-electron chi connectivity index (χ3n) is 2.02. The lowest BCUT2D eigenvalue weighted by Crippen LogP contribution is -2.34. The van der Waals surface area contributed by atoms with Crippen LogP contribution >= 0.6 is 21.6 Å². The molecule has 2 amide bonds.